The third-order valence-corrected chi connectivity index (χ3v) is 3.96. The molecule has 0 fully saturated rings. The molecule has 0 unspecified atom stereocenters. The lowest BCUT2D eigenvalue weighted by Crippen LogP contribution is -2.15. The molecule has 2 aromatic rings. The molecular formula is C17H20N4O. The SMILES string of the molecule is CCn1cnnc1-c1ccccc1NC(=O)C[C@@H]1C=CCC1. The molecule has 1 aliphatic carbocycles. The summed E-state index contributed by atoms with van der Waals surface area (Å²) in [4.78, 5) is 12.3. The van der Waals surface area contributed by atoms with Crippen LogP contribution < -0.4 is 5.32 Å². The highest BCUT2D eigenvalue weighted by Crippen LogP contribution is 2.27. The molecule has 0 aliphatic heterocycles. The number of aryl methyl sites for hydroxylation is 1. The van der Waals surface area contributed by atoms with Crippen molar-refractivity contribution in [2.45, 2.75) is 32.7 Å². The van der Waals surface area contributed by atoms with E-state index in [1.54, 1.807) is 6.33 Å². The van der Waals surface area contributed by atoms with Crippen molar-refractivity contribution in [1.29, 1.82) is 0 Å². The highest BCUT2D eigenvalue weighted by Gasteiger charge is 2.16. The van der Waals surface area contributed by atoms with Crippen LogP contribution in [0.5, 0.6) is 0 Å². The van der Waals surface area contributed by atoms with E-state index in [1.807, 2.05) is 35.8 Å². The van der Waals surface area contributed by atoms with E-state index in [4.69, 9.17) is 0 Å². The van der Waals surface area contributed by atoms with Gasteiger partial charge in [0.2, 0.25) is 5.91 Å². The van der Waals surface area contributed by atoms with E-state index in [0.29, 0.717) is 12.3 Å². The Balaban J connectivity index is 1.79. The summed E-state index contributed by atoms with van der Waals surface area (Å²) in [5.41, 5.74) is 1.69. The van der Waals surface area contributed by atoms with E-state index in [2.05, 4.69) is 27.7 Å². The molecule has 1 heterocycles. The van der Waals surface area contributed by atoms with Crippen molar-refractivity contribution >= 4 is 11.6 Å². The van der Waals surface area contributed by atoms with Gasteiger partial charge in [-0.2, -0.15) is 0 Å². The van der Waals surface area contributed by atoms with Gasteiger partial charge in [0.05, 0.1) is 5.69 Å². The molecule has 0 saturated carbocycles. The Kier molecular flexibility index (Phi) is 4.32. The van der Waals surface area contributed by atoms with Gasteiger partial charge in [0.25, 0.3) is 0 Å². The van der Waals surface area contributed by atoms with Gasteiger partial charge in [-0.3, -0.25) is 4.79 Å². The molecule has 22 heavy (non-hydrogen) atoms. The van der Waals surface area contributed by atoms with E-state index in [9.17, 15) is 4.79 Å². The Bertz CT molecular complexity index is 689. The summed E-state index contributed by atoms with van der Waals surface area (Å²) in [5.74, 6) is 1.19. The number of carbonyl (C=O) groups is 1. The van der Waals surface area contributed by atoms with Crippen LogP contribution in [0.2, 0.25) is 0 Å². The molecule has 1 amide bonds. The first kappa shape index (κ1) is 14.5. The number of carbonyl (C=O) groups excluding carboxylic acids is 1. The topological polar surface area (TPSA) is 59.8 Å². The summed E-state index contributed by atoms with van der Waals surface area (Å²) >= 11 is 0. The first-order valence-corrected chi connectivity index (χ1v) is 7.71. The summed E-state index contributed by atoms with van der Waals surface area (Å²) in [6.45, 7) is 2.83. The first-order valence-electron chi connectivity index (χ1n) is 7.71. The number of nitrogens with zero attached hydrogens (tertiary/aromatic N) is 3. The molecule has 1 N–H and O–H groups in total. The minimum atomic E-state index is 0.0477. The molecule has 3 rings (SSSR count). The monoisotopic (exact) mass is 296 g/mol. The molecule has 1 atom stereocenters. The smallest absolute Gasteiger partial charge is 0.224 e. The van der Waals surface area contributed by atoms with Gasteiger partial charge >= 0.3 is 0 Å². The van der Waals surface area contributed by atoms with Crippen LogP contribution in [0.1, 0.15) is 26.2 Å². The zero-order chi connectivity index (χ0) is 15.4. The maximum absolute atomic E-state index is 12.3. The number of hydrogen-bond acceptors (Lipinski definition) is 3. The van der Waals surface area contributed by atoms with Gasteiger partial charge in [0, 0.05) is 18.5 Å². The average molecular weight is 296 g/mol. The standard InChI is InChI=1S/C17H20N4O/c1-2-21-12-18-20-17(21)14-9-5-6-10-15(14)19-16(22)11-13-7-3-4-8-13/h3,5-7,9-10,12-13H,2,4,8,11H2,1H3,(H,19,22)/t13-/m1/s1. The molecule has 5 heteroatoms. The Morgan fingerprint density at radius 3 is 3.05 bits per heavy atom. The van der Waals surface area contributed by atoms with Crippen LogP contribution in [0.15, 0.2) is 42.7 Å². The summed E-state index contributed by atoms with van der Waals surface area (Å²) in [5, 5.41) is 11.2. The highest BCUT2D eigenvalue weighted by atomic mass is 16.1. The predicted octanol–water partition coefficient (Wildman–Crippen LogP) is 3.26. The van der Waals surface area contributed by atoms with Crippen LogP contribution in [-0.2, 0) is 11.3 Å². The molecule has 0 radical (unpaired) electrons. The number of para-hydroxylation sites is 1. The number of amides is 1. The van der Waals surface area contributed by atoms with Gasteiger partial charge < -0.3 is 9.88 Å². The van der Waals surface area contributed by atoms with Gasteiger partial charge in [0.15, 0.2) is 5.82 Å². The minimum Gasteiger partial charge on any atom is -0.325 e. The molecule has 0 saturated heterocycles. The number of nitrogens with one attached hydrogen (secondary N) is 1. The second-order valence-electron chi connectivity index (χ2n) is 5.50. The molecule has 1 aromatic carbocycles. The van der Waals surface area contributed by atoms with E-state index < -0.39 is 0 Å². The molecule has 0 bridgehead atoms. The quantitative estimate of drug-likeness (QED) is 0.862. The Hall–Kier alpha value is -2.43. The Morgan fingerprint density at radius 1 is 1.41 bits per heavy atom. The lowest BCUT2D eigenvalue weighted by molar-refractivity contribution is -0.116. The second kappa shape index (κ2) is 6.56. The number of hydrogen-bond donors (Lipinski definition) is 1. The minimum absolute atomic E-state index is 0.0477. The largest absolute Gasteiger partial charge is 0.325 e. The molecule has 5 nitrogen and oxygen atoms in total. The van der Waals surface area contributed by atoms with Gasteiger partial charge in [-0.15, -0.1) is 10.2 Å². The van der Waals surface area contributed by atoms with Crippen LogP contribution in [0.4, 0.5) is 5.69 Å². The number of benzene rings is 1. The van der Waals surface area contributed by atoms with E-state index in [-0.39, 0.29) is 5.91 Å². The fourth-order valence-electron chi connectivity index (χ4n) is 2.79. The normalized spacial score (nSPS) is 16.9. The van der Waals surface area contributed by atoms with Crippen molar-refractivity contribution in [2.75, 3.05) is 5.32 Å². The lowest BCUT2D eigenvalue weighted by atomic mass is 10.0. The summed E-state index contributed by atoms with van der Waals surface area (Å²) in [7, 11) is 0. The fourth-order valence-corrected chi connectivity index (χ4v) is 2.79. The van der Waals surface area contributed by atoms with E-state index >= 15 is 0 Å². The predicted molar refractivity (Wildman–Crippen MR) is 86.2 cm³/mol. The van der Waals surface area contributed by atoms with Crippen molar-refractivity contribution in [1.82, 2.24) is 14.8 Å². The second-order valence-corrected chi connectivity index (χ2v) is 5.50. The molecule has 0 spiro atoms. The highest BCUT2D eigenvalue weighted by molar-refractivity contribution is 5.95. The van der Waals surface area contributed by atoms with Gasteiger partial charge in [-0.05, 0) is 37.8 Å². The third-order valence-electron chi connectivity index (χ3n) is 3.96. The average Bonchev–Trinajstić information content (AvgIpc) is 3.18. The van der Waals surface area contributed by atoms with Crippen LogP contribution >= 0.6 is 0 Å². The molecular weight excluding hydrogens is 276 g/mol. The van der Waals surface area contributed by atoms with Crippen molar-refractivity contribution in [3.8, 4) is 11.4 Å². The maximum Gasteiger partial charge on any atom is 0.224 e. The lowest BCUT2D eigenvalue weighted by Gasteiger charge is -2.12. The third kappa shape index (κ3) is 3.08. The van der Waals surface area contributed by atoms with Crippen LogP contribution in [0, 0.1) is 5.92 Å². The zero-order valence-corrected chi connectivity index (χ0v) is 12.7. The van der Waals surface area contributed by atoms with Gasteiger partial charge in [0.1, 0.15) is 6.33 Å². The Morgan fingerprint density at radius 2 is 2.27 bits per heavy atom. The Labute approximate surface area is 130 Å². The first-order chi connectivity index (χ1) is 10.8. The van der Waals surface area contributed by atoms with Crippen molar-refractivity contribution < 1.29 is 4.79 Å². The summed E-state index contributed by atoms with van der Waals surface area (Å²) in [6, 6.07) is 7.73. The molecule has 1 aliphatic rings. The van der Waals surface area contributed by atoms with Crippen molar-refractivity contribution in [3.05, 3.63) is 42.7 Å². The molecule has 114 valence electrons. The molecule has 1 aromatic heterocycles. The fraction of sp³-hybridized carbons (Fsp3) is 0.353. The summed E-state index contributed by atoms with van der Waals surface area (Å²) < 4.78 is 1.96. The number of allylic oxidation sites excluding steroid dienone is 2. The van der Waals surface area contributed by atoms with Crippen LogP contribution in [0.25, 0.3) is 11.4 Å². The van der Waals surface area contributed by atoms with Gasteiger partial charge in [-0.25, -0.2) is 0 Å². The van der Waals surface area contributed by atoms with E-state index in [0.717, 1.165) is 36.5 Å². The summed E-state index contributed by atoms with van der Waals surface area (Å²) in [6.07, 6.45) is 8.67. The van der Waals surface area contributed by atoms with Crippen LogP contribution in [0.3, 0.4) is 0 Å². The zero-order valence-electron chi connectivity index (χ0n) is 12.7. The van der Waals surface area contributed by atoms with Crippen molar-refractivity contribution in [3.63, 3.8) is 0 Å². The number of aromatic nitrogens is 3. The van der Waals surface area contributed by atoms with Crippen molar-refractivity contribution in [2.24, 2.45) is 5.92 Å². The van der Waals surface area contributed by atoms with Crippen LogP contribution in [-0.4, -0.2) is 20.7 Å². The van der Waals surface area contributed by atoms with E-state index in [1.165, 1.54) is 0 Å². The number of rotatable bonds is 5. The maximum atomic E-state index is 12.3. The van der Waals surface area contributed by atoms with Gasteiger partial charge in [-0.1, -0.05) is 24.3 Å². The number of anilines is 1.